The zero-order valence-corrected chi connectivity index (χ0v) is 24.3. The highest BCUT2D eigenvalue weighted by atomic mass is 35.5. The maximum absolute atomic E-state index is 12.8. The molecule has 4 N–H and O–H groups in total. The summed E-state index contributed by atoms with van der Waals surface area (Å²) < 4.78 is 5.50. The third-order valence-corrected chi connectivity index (χ3v) is 6.00. The number of carboxylic acids is 1. The number of ether oxygens (including phenoxy) is 1. The summed E-state index contributed by atoms with van der Waals surface area (Å²) in [6.45, 7) is 7.08. The van der Waals surface area contributed by atoms with Crippen LogP contribution >= 0.6 is 23.2 Å². The van der Waals surface area contributed by atoms with Crippen LogP contribution in [0.3, 0.4) is 0 Å². The molecule has 1 aromatic heterocycles. The number of aromatic hydroxyl groups is 1. The number of carbonyl (C=O) groups excluding carboxylic acids is 3. The number of pyridine rings is 1. The van der Waals surface area contributed by atoms with E-state index in [2.05, 4.69) is 15.6 Å². The molecule has 0 aliphatic carbocycles. The number of carboxylic acid groups (broad SMARTS) is 1. The van der Waals surface area contributed by atoms with Gasteiger partial charge in [0.25, 0.3) is 0 Å². The summed E-state index contributed by atoms with van der Waals surface area (Å²) in [7, 11) is 0. The van der Waals surface area contributed by atoms with E-state index in [1.165, 1.54) is 17.0 Å². The fraction of sp³-hybridized carbons (Fsp3) is 0.444. The first-order chi connectivity index (χ1) is 18.7. The maximum atomic E-state index is 12.8. The molecule has 40 heavy (non-hydrogen) atoms. The Labute approximate surface area is 242 Å². The SMILES string of the molecule is Cc1ccnc(N(CCCCC(=O)NCC(=O)NC(CC(=O)O)c2cc(Cl)c(O)c(Cl)c2)C(=O)OC(C)(C)C)c1. The van der Waals surface area contributed by atoms with Gasteiger partial charge in [0.1, 0.15) is 11.4 Å². The Morgan fingerprint density at radius 2 is 1.73 bits per heavy atom. The number of halogens is 2. The molecule has 0 radical (unpaired) electrons. The van der Waals surface area contributed by atoms with Gasteiger partial charge in [-0.25, -0.2) is 9.78 Å². The number of amides is 3. The number of rotatable bonds is 12. The molecule has 3 amide bonds. The molecule has 218 valence electrons. The molecule has 0 aliphatic heterocycles. The Hall–Kier alpha value is -3.57. The van der Waals surface area contributed by atoms with Crippen molar-refractivity contribution in [1.29, 1.82) is 0 Å². The van der Waals surface area contributed by atoms with E-state index in [0.717, 1.165) is 5.56 Å². The van der Waals surface area contributed by atoms with Crippen molar-refractivity contribution < 1.29 is 34.1 Å². The van der Waals surface area contributed by atoms with E-state index >= 15 is 0 Å². The van der Waals surface area contributed by atoms with Crippen LogP contribution in [0.15, 0.2) is 30.5 Å². The number of phenols is 1. The number of hydrogen-bond donors (Lipinski definition) is 4. The molecule has 0 aliphatic rings. The third-order valence-electron chi connectivity index (χ3n) is 5.43. The summed E-state index contributed by atoms with van der Waals surface area (Å²) >= 11 is 11.8. The van der Waals surface area contributed by atoms with Crippen molar-refractivity contribution in [3.05, 3.63) is 51.6 Å². The van der Waals surface area contributed by atoms with E-state index in [4.69, 9.17) is 27.9 Å². The summed E-state index contributed by atoms with van der Waals surface area (Å²) in [4.78, 5) is 54.5. The van der Waals surface area contributed by atoms with Crippen LogP contribution in [0.25, 0.3) is 0 Å². The number of nitrogens with zero attached hydrogens (tertiary/aromatic N) is 2. The van der Waals surface area contributed by atoms with Gasteiger partial charge in [-0.15, -0.1) is 0 Å². The van der Waals surface area contributed by atoms with E-state index < -0.39 is 41.9 Å². The first kappa shape index (κ1) is 32.6. The fourth-order valence-corrected chi connectivity index (χ4v) is 4.07. The summed E-state index contributed by atoms with van der Waals surface area (Å²) in [5, 5.41) is 23.8. The Morgan fingerprint density at radius 3 is 2.30 bits per heavy atom. The largest absolute Gasteiger partial charge is 0.505 e. The average molecular weight is 597 g/mol. The quantitative estimate of drug-likeness (QED) is 0.255. The highest BCUT2D eigenvalue weighted by molar-refractivity contribution is 6.37. The van der Waals surface area contributed by atoms with Crippen LogP contribution in [0.5, 0.6) is 5.75 Å². The van der Waals surface area contributed by atoms with Crippen molar-refractivity contribution in [2.24, 2.45) is 0 Å². The molecule has 0 fully saturated rings. The zero-order valence-electron chi connectivity index (χ0n) is 22.8. The van der Waals surface area contributed by atoms with E-state index in [1.807, 2.05) is 13.0 Å². The number of anilines is 1. The molecule has 1 atom stereocenters. The maximum Gasteiger partial charge on any atom is 0.416 e. The smallest absolute Gasteiger partial charge is 0.416 e. The average Bonchev–Trinajstić information content (AvgIpc) is 2.83. The van der Waals surface area contributed by atoms with Crippen LogP contribution < -0.4 is 15.5 Å². The van der Waals surface area contributed by atoms with E-state index in [9.17, 15) is 29.4 Å². The lowest BCUT2D eigenvalue weighted by atomic mass is 10.0. The second-order valence-corrected chi connectivity index (χ2v) is 10.9. The summed E-state index contributed by atoms with van der Waals surface area (Å²) in [6.07, 6.45) is 1.58. The predicted octanol–water partition coefficient (Wildman–Crippen LogP) is 4.76. The topological polar surface area (TPSA) is 158 Å². The van der Waals surface area contributed by atoms with Crippen molar-refractivity contribution in [1.82, 2.24) is 15.6 Å². The Bertz CT molecular complexity index is 1210. The summed E-state index contributed by atoms with van der Waals surface area (Å²) in [5.74, 6) is -2.11. The number of nitrogens with one attached hydrogen (secondary N) is 2. The van der Waals surface area contributed by atoms with Crippen molar-refractivity contribution in [3.8, 4) is 5.75 Å². The molecule has 13 heteroatoms. The third kappa shape index (κ3) is 10.9. The molecule has 2 aromatic rings. The number of aryl methyl sites for hydroxylation is 1. The molecular formula is C27H34Cl2N4O7. The van der Waals surface area contributed by atoms with E-state index in [-0.39, 0.29) is 40.9 Å². The van der Waals surface area contributed by atoms with Gasteiger partial charge in [-0.3, -0.25) is 19.3 Å². The monoisotopic (exact) mass is 596 g/mol. The second kappa shape index (κ2) is 14.7. The van der Waals surface area contributed by atoms with Gasteiger partial charge in [-0.1, -0.05) is 23.2 Å². The molecule has 1 heterocycles. The molecule has 0 saturated carbocycles. The lowest BCUT2D eigenvalue weighted by molar-refractivity contribution is -0.138. The predicted molar refractivity (Wildman–Crippen MR) is 151 cm³/mol. The Kier molecular flexibility index (Phi) is 12.0. The van der Waals surface area contributed by atoms with Gasteiger partial charge in [0.15, 0.2) is 5.75 Å². The Morgan fingerprint density at radius 1 is 1.07 bits per heavy atom. The lowest BCUT2D eigenvalue weighted by Gasteiger charge is -2.27. The number of aromatic nitrogens is 1. The highest BCUT2D eigenvalue weighted by Crippen LogP contribution is 2.35. The van der Waals surface area contributed by atoms with Gasteiger partial charge in [0, 0.05) is 19.2 Å². The first-order valence-corrected chi connectivity index (χ1v) is 13.3. The van der Waals surface area contributed by atoms with Crippen LogP contribution in [0.4, 0.5) is 10.6 Å². The van der Waals surface area contributed by atoms with Crippen LogP contribution in [-0.2, 0) is 19.1 Å². The van der Waals surface area contributed by atoms with E-state index in [0.29, 0.717) is 18.7 Å². The highest BCUT2D eigenvalue weighted by Gasteiger charge is 2.24. The van der Waals surface area contributed by atoms with Crippen molar-refractivity contribution in [2.45, 2.75) is 65.0 Å². The summed E-state index contributed by atoms with van der Waals surface area (Å²) in [5.41, 5.74) is 0.523. The minimum atomic E-state index is -1.18. The molecule has 11 nitrogen and oxygen atoms in total. The van der Waals surface area contributed by atoms with Crippen molar-refractivity contribution in [3.63, 3.8) is 0 Å². The van der Waals surface area contributed by atoms with Gasteiger partial charge >= 0.3 is 12.1 Å². The standard InChI is InChI=1S/C27H34Cl2N4O7/c1-16-8-9-30-21(11-16)33(26(39)40-27(2,3)4)10-6-5-7-22(34)31-15-23(35)32-20(14-24(36)37)17-12-18(28)25(38)19(29)13-17/h8-9,11-13,20,38H,5-7,10,14-15H2,1-4H3,(H,31,34)(H,32,35)(H,36,37). The number of unbranched alkanes of at least 4 members (excludes halogenated alkanes) is 1. The van der Waals surface area contributed by atoms with Crippen LogP contribution in [-0.4, -0.2) is 57.8 Å². The normalized spacial score (nSPS) is 11.8. The Balaban J connectivity index is 1.89. The molecule has 1 aromatic carbocycles. The number of aliphatic carboxylic acids is 1. The van der Waals surface area contributed by atoms with Crippen LogP contribution in [0.2, 0.25) is 10.0 Å². The number of benzene rings is 1. The van der Waals surface area contributed by atoms with Crippen molar-refractivity contribution >= 4 is 52.9 Å². The van der Waals surface area contributed by atoms with Crippen molar-refractivity contribution in [2.75, 3.05) is 18.0 Å². The lowest BCUT2D eigenvalue weighted by Crippen LogP contribution is -2.39. The van der Waals surface area contributed by atoms with Crippen LogP contribution in [0.1, 0.15) is 63.6 Å². The summed E-state index contributed by atoms with van der Waals surface area (Å²) in [6, 6.07) is 5.21. The van der Waals surface area contributed by atoms with Gasteiger partial charge in [0.05, 0.1) is 29.1 Å². The molecule has 0 spiro atoms. The van der Waals surface area contributed by atoms with Gasteiger partial charge in [0.2, 0.25) is 11.8 Å². The molecular weight excluding hydrogens is 563 g/mol. The van der Waals surface area contributed by atoms with Crippen LogP contribution in [0, 0.1) is 6.92 Å². The minimum absolute atomic E-state index is 0.0937. The fourth-order valence-electron chi connectivity index (χ4n) is 3.57. The minimum Gasteiger partial charge on any atom is -0.505 e. The number of hydrogen-bond acceptors (Lipinski definition) is 7. The second-order valence-electron chi connectivity index (χ2n) is 10.1. The van der Waals surface area contributed by atoms with Gasteiger partial charge in [-0.05, 0) is 75.9 Å². The molecule has 2 rings (SSSR count). The molecule has 0 bridgehead atoms. The first-order valence-electron chi connectivity index (χ1n) is 12.5. The molecule has 1 unspecified atom stereocenters. The number of carbonyl (C=O) groups is 4. The van der Waals surface area contributed by atoms with Gasteiger partial charge < -0.3 is 25.6 Å². The number of phenolic OH excluding ortho intramolecular Hbond substituents is 1. The zero-order chi connectivity index (χ0) is 30.0. The van der Waals surface area contributed by atoms with E-state index in [1.54, 1.807) is 33.0 Å². The van der Waals surface area contributed by atoms with Gasteiger partial charge in [-0.2, -0.15) is 0 Å². The molecule has 0 saturated heterocycles.